The smallest absolute Gasteiger partial charge is 0.384 e. The molecule has 90 valence electrons. The molecule has 0 amide bonds. The minimum Gasteiger partial charge on any atom is -0.384 e. The van der Waals surface area contributed by atoms with Crippen LogP contribution in [0.4, 0.5) is 18.9 Å². The van der Waals surface area contributed by atoms with E-state index in [0.717, 1.165) is 15.7 Å². The van der Waals surface area contributed by atoms with Crippen molar-refractivity contribution in [2.75, 3.05) is 11.9 Å². The zero-order chi connectivity index (χ0) is 12.2. The van der Waals surface area contributed by atoms with Crippen LogP contribution in [-0.2, 0) is 0 Å². The molecule has 0 fully saturated rings. The molecule has 0 aliphatic carbocycles. The summed E-state index contributed by atoms with van der Waals surface area (Å²) >= 11 is 3.35. The van der Waals surface area contributed by atoms with Gasteiger partial charge in [-0.1, -0.05) is 6.07 Å². The number of nitrogens with one attached hydrogen (secondary N) is 1. The first-order valence-corrected chi connectivity index (χ1v) is 5.74. The molecule has 1 rings (SSSR count). The van der Waals surface area contributed by atoms with E-state index in [1.165, 1.54) is 0 Å². The van der Waals surface area contributed by atoms with Crippen molar-refractivity contribution in [3.8, 4) is 0 Å². The molecular formula is C11H13BrF3N. The van der Waals surface area contributed by atoms with E-state index in [-0.39, 0.29) is 6.42 Å². The lowest BCUT2D eigenvalue weighted by atomic mass is 10.2. The normalized spacial score (nSPS) is 11.6. The van der Waals surface area contributed by atoms with Gasteiger partial charge >= 0.3 is 6.18 Å². The number of anilines is 1. The summed E-state index contributed by atoms with van der Waals surface area (Å²) in [4.78, 5) is 0. The van der Waals surface area contributed by atoms with Crippen LogP contribution in [-0.4, -0.2) is 12.7 Å². The molecule has 0 saturated carbocycles. The highest BCUT2D eigenvalue weighted by atomic mass is 79.9. The van der Waals surface area contributed by atoms with Crippen molar-refractivity contribution in [2.45, 2.75) is 25.9 Å². The number of benzene rings is 1. The van der Waals surface area contributed by atoms with Gasteiger partial charge in [-0.15, -0.1) is 0 Å². The highest BCUT2D eigenvalue weighted by Crippen LogP contribution is 2.24. The number of alkyl halides is 3. The van der Waals surface area contributed by atoms with Gasteiger partial charge in [-0.25, -0.2) is 0 Å². The lowest BCUT2D eigenvalue weighted by Crippen LogP contribution is -2.11. The molecule has 0 atom stereocenters. The Morgan fingerprint density at radius 3 is 2.56 bits per heavy atom. The van der Waals surface area contributed by atoms with Crippen molar-refractivity contribution in [3.63, 3.8) is 0 Å². The van der Waals surface area contributed by atoms with E-state index in [1.54, 1.807) is 0 Å². The van der Waals surface area contributed by atoms with Crippen LogP contribution in [0.5, 0.6) is 0 Å². The highest BCUT2D eigenvalue weighted by molar-refractivity contribution is 9.10. The summed E-state index contributed by atoms with van der Waals surface area (Å²) in [6, 6.07) is 5.69. The summed E-state index contributed by atoms with van der Waals surface area (Å²) in [6.45, 7) is 2.28. The molecule has 0 aliphatic heterocycles. The van der Waals surface area contributed by atoms with Crippen LogP contribution in [0.3, 0.4) is 0 Å². The Hall–Kier alpha value is -0.710. The standard InChI is InChI=1S/C11H13BrF3N/c1-8-3-4-10(9(12)7-8)16-6-2-5-11(13,14)15/h3-4,7,16H,2,5-6H2,1H3. The first-order valence-electron chi connectivity index (χ1n) is 4.95. The van der Waals surface area contributed by atoms with E-state index in [2.05, 4.69) is 21.2 Å². The summed E-state index contributed by atoms with van der Waals surface area (Å²) in [5, 5.41) is 2.97. The van der Waals surface area contributed by atoms with Crippen molar-refractivity contribution in [3.05, 3.63) is 28.2 Å². The van der Waals surface area contributed by atoms with Gasteiger partial charge in [0.15, 0.2) is 0 Å². The molecule has 0 heterocycles. The molecule has 0 radical (unpaired) electrons. The molecule has 0 aromatic heterocycles. The second-order valence-corrected chi connectivity index (χ2v) is 4.48. The quantitative estimate of drug-likeness (QED) is 0.806. The Balaban J connectivity index is 2.38. The number of rotatable bonds is 4. The van der Waals surface area contributed by atoms with Crippen molar-refractivity contribution in [1.82, 2.24) is 0 Å². The number of hydrogen-bond donors (Lipinski definition) is 1. The van der Waals surface area contributed by atoms with Gasteiger partial charge < -0.3 is 5.32 Å². The summed E-state index contributed by atoms with van der Waals surface area (Å²) in [5.74, 6) is 0. The Morgan fingerprint density at radius 2 is 2.00 bits per heavy atom. The minimum atomic E-state index is -4.06. The SMILES string of the molecule is Cc1ccc(NCCCC(F)(F)F)c(Br)c1. The van der Waals surface area contributed by atoms with Crippen LogP contribution in [0, 0.1) is 6.92 Å². The maximum Gasteiger partial charge on any atom is 0.389 e. The monoisotopic (exact) mass is 295 g/mol. The average molecular weight is 296 g/mol. The highest BCUT2D eigenvalue weighted by Gasteiger charge is 2.25. The molecule has 16 heavy (non-hydrogen) atoms. The second-order valence-electron chi connectivity index (χ2n) is 3.63. The third-order valence-corrected chi connectivity index (χ3v) is 2.73. The Labute approximate surface area is 101 Å². The first kappa shape index (κ1) is 13.4. The Bertz CT molecular complexity index is 350. The van der Waals surface area contributed by atoms with E-state index in [1.807, 2.05) is 25.1 Å². The molecule has 1 aromatic carbocycles. The van der Waals surface area contributed by atoms with Crippen LogP contribution in [0.15, 0.2) is 22.7 Å². The lowest BCUT2D eigenvalue weighted by molar-refractivity contribution is -0.134. The molecular weight excluding hydrogens is 283 g/mol. The van der Waals surface area contributed by atoms with E-state index in [0.29, 0.717) is 6.54 Å². The third-order valence-electron chi connectivity index (χ3n) is 2.08. The molecule has 0 aliphatic rings. The van der Waals surface area contributed by atoms with Gasteiger partial charge in [0, 0.05) is 23.1 Å². The summed E-state index contributed by atoms with van der Waals surface area (Å²) in [6.07, 6.45) is -4.72. The van der Waals surface area contributed by atoms with Crippen LogP contribution < -0.4 is 5.32 Å². The third kappa shape index (κ3) is 4.88. The zero-order valence-corrected chi connectivity index (χ0v) is 10.5. The van der Waals surface area contributed by atoms with Crippen molar-refractivity contribution >= 4 is 21.6 Å². The number of halogens is 4. The van der Waals surface area contributed by atoms with E-state index in [9.17, 15) is 13.2 Å². The summed E-state index contributed by atoms with van der Waals surface area (Å²) in [5.41, 5.74) is 1.93. The fourth-order valence-electron chi connectivity index (χ4n) is 1.28. The number of hydrogen-bond acceptors (Lipinski definition) is 1. The molecule has 1 N–H and O–H groups in total. The molecule has 1 aromatic rings. The maximum atomic E-state index is 11.9. The zero-order valence-electron chi connectivity index (χ0n) is 8.87. The van der Waals surface area contributed by atoms with Gasteiger partial charge in [0.1, 0.15) is 0 Å². The molecule has 0 bridgehead atoms. The van der Waals surface area contributed by atoms with Gasteiger partial charge in [0.25, 0.3) is 0 Å². The maximum absolute atomic E-state index is 11.9. The molecule has 0 saturated heterocycles. The average Bonchev–Trinajstić information content (AvgIpc) is 2.13. The van der Waals surface area contributed by atoms with Crippen LogP contribution in [0.1, 0.15) is 18.4 Å². The van der Waals surface area contributed by atoms with Crippen LogP contribution >= 0.6 is 15.9 Å². The second kappa shape index (κ2) is 5.57. The van der Waals surface area contributed by atoms with Gasteiger partial charge in [0.05, 0.1) is 0 Å². The summed E-state index contributed by atoms with van der Waals surface area (Å²) in [7, 11) is 0. The van der Waals surface area contributed by atoms with Gasteiger partial charge in [-0.05, 0) is 47.0 Å². The van der Waals surface area contributed by atoms with E-state index < -0.39 is 12.6 Å². The molecule has 0 spiro atoms. The minimum absolute atomic E-state index is 0.0871. The fourth-order valence-corrected chi connectivity index (χ4v) is 1.91. The molecule has 0 unspecified atom stereocenters. The molecule has 5 heteroatoms. The largest absolute Gasteiger partial charge is 0.389 e. The van der Waals surface area contributed by atoms with Gasteiger partial charge in [-0.2, -0.15) is 13.2 Å². The Morgan fingerprint density at radius 1 is 1.31 bits per heavy atom. The fraction of sp³-hybridized carbons (Fsp3) is 0.455. The van der Waals surface area contributed by atoms with Crippen molar-refractivity contribution in [2.24, 2.45) is 0 Å². The van der Waals surface area contributed by atoms with E-state index >= 15 is 0 Å². The van der Waals surface area contributed by atoms with Crippen molar-refractivity contribution in [1.29, 1.82) is 0 Å². The molecule has 1 nitrogen and oxygen atoms in total. The van der Waals surface area contributed by atoms with Crippen LogP contribution in [0.25, 0.3) is 0 Å². The number of aryl methyl sites for hydroxylation is 1. The Kier molecular flexibility index (Phi) is 4.65. The van der Waals surface area contributed by atoms with Crippen LogP contribution in [0.2, 0.25) is 0 Å². The predicted molar refractivity (Wildman–Crippen MR) is 62.7 cm³/mol. The van der Waals surface area contributed by atoms with E-state index in [4.69, 9.17) is 0 Å². The predicted octanol–water partition coefficient (Wildman–Crippen LogP) is 4.51. The van der Waals surface area contributed by atoms with Gasteiger partial charge in [0.2, 0.25) is 0 Å². The summed E-state index contributed by atoms with van der Waals surface area (Å²) < 4.78 is 36.5. The topological polar surface area (TPSA) is 12.0 Å². The first-order chi connectivity index (χ1) is 7.38. The lowest BCUT2D eigenvalue weighted by Gasteiger charge is -2.10. The van der Waals surface area contributed by atoms with Crippen molar-refractivity contribution < 1.29 is 13.2 Å². The van der Waals surface area contributed by atoms with Gasteiger partial charge in [-0.3, -0.25) is 0 Å².